The van der Waals surface area contributed by atoms with Gasteiger partial charge in [0.1, 0.15) is 0 Å². The van der Waals surface area contributed by atoms with Gasteiger partial charge in [0.25, 0.3) is 0 Å². The van der Waals surface area contributed by atoms with Crippen LogP contribution in [0.2, 0.25) is 0 Å². The summed E-state index contributed by atoms with van der Waals surface area (Å²) in [6, 6.07) is 0. The van der Waals surface area contributed by atoms with E-state index in [4.69, 9.17) is 10.5 Å². The highest BCUT2D eigenvalue weighted by Crippen LogP contribution is 2.14. The molecule has 0 fully saturated rings. The normalized spacial score (nSPS) is 11.5. The lowest BCUT2D eigenvalue weighted by molar-refractivity contribution is -0.141. The van der Waals surface area contributed by atoms with Gasteiger partial charge in [0.2, 0.25) is 18.2 Å². The van der Waals surface area contributed by atoms with Crippen LogP contribution in [-0.4, -0.2) is 66.8 Å². The molecule has 0 aliphatic heterocycles. The minimum absolute atomic E-state index is 0.124. The smallest absolute Gasteiger partial charge is 0.302 e. The summed E-state index contributed by atoms with van der Waals surface area (Å²) in [6.07, 6.45) is 5.05. The maximum Gasteiger partial charge on any atom is 0.302 e. The van der Waals surface area contributed by atoms with Gasteiger partial charge < -0.3 is 20.3 Å². The van der Waals surface area contributed by atoms with Crippen LogP contribution >= 0.6 is 0 Å². The number of ether oxygens (including phenoxy) is 1. The topological polar surface area (TPSA) is 110 Å². The van der Waals surface area contributed by atoms with Crippen molar-refractivity contribution in [1.82, 2.24) is 9.80 Å². The molecule has 0 bridgehead atoms. The number of primary amides is 1. The highest BCUT2D eigenvalue weighted by molar-refractivity contribution is 5.85. The van der Waals surface area contributed by atoms with Gasteiger partial charge >= 0.3 is 5.97 Å². The Morgan fingerprint density at radius 1 is 1.15 bits per heavy atom. The van der Waals surface area contributed by atoms with Gasteiger partial charge in [0.05, 0.1) is 19.7 Å². The summed E-state index contributed by atoms with van der Waals surface area (Å²) >= 11 is 0. The Morgan fingerprint density at radius 2 is 1.85 bits per heavy atom. The van der Waals surface area contributed by atoms with Crippen molar-refractivity contribution in [2.75, 3.05) is 32.8 Å². The third-order valence-corrected chi connectivity index (χ3v) is 4.10. The summed E-state index contributed by atoms with van der Waals surface area (Å²) in [6.45, 7) is 6.14. The molecule has 0 aromatic rings. The molecule has 1 atom stereocenters. The van der Waals surface area contributed by atoms with Crippen molar-refractivity contribution >= 4 is 24.2 Å². The summed E-state index contributed by atoms with van der Waals surface area (Å²) in [5, 5.41) is 0. The van der Waals surface area contributed by atoms with E-state index in [9.17, 15) is 19.2 Å². The summed E-state index contributed by atoms with van der Waals surface area (Å²) in [7, 11) is 0. The third kappa shape index (κ3) is 11.4. The number of carbonyl (C=O) groups is 4. The van der Waals surface area contributed by atoms with Gasteiger partial charge in [0.15, 0.2) is 0 Å². The first kappa shape index (κ1) is 23.9. The van der Waals surface area contributed by atoms with E-state index in [1.54, 1.807) is 0 Å². The largest absolute Gasteiger partial charge is 0.466 e. The Labute approximate surface area is 156 Å². The average molecular weight is 371 g/mol. The van der Waals surface area contributed by atoms with Crippen LogP contribution in [-0.2, 0) is 23.9 Å². The zero-order chi connectivity index (χ0) is 19.9. The van der Waals surface area contributed by atoms with Crippen LogP contribution in [0.4, 0.5) is 0 Å². The number of amides is 3. The Bertz CT molecular complexity index is 456. The van der Waals surface area contributed by atoms with E-state index in [2.05, 4.69) is 13.8 Å². The van der Waals surface area contributed by atoms with Gasteiger partial charge in [0, 0.05) is 20.0 Å². The van der Waals surface area contributed by atoms with E-state index in [1.807, 2.05) is 0 Å². The number of unbranched alkanes of at least 4 members (excludes halogenated alkanes) is 1. The second kappa shape index (κ2) is 14.1. The fraction of sp³-hybridized carbons (Fsp3) is 0.778. The molecule has 0 saturated heterocycles. The van der Waals surface area contributed by atoms with Crippen molar-refractivity contribution in [2.45, 2.75) is 52.9 Å². The van der Waals surface area contributed by atoms with Crippen molar-refractivity contribution in [3.05, 3.63) is 0 Å². The molecule has 0 aliphatic rings. The zero-order valence-electron chi connectivity index (χ0n) is 16.2. The van der Waals surface area contributed by atoms with E-state index < -0.39 is 5.91 Å². The molecule has 0 heterocycles. The molecular formula is C18H33N3O5. The van der Waals surface area contributed by atoms with Gasteiger partial charge in [-0.25, -0.2) is 0 Å². The molecular weight excluding hydrogens is 338 g/mol. The standard InChI is InChI=1S/C18H33N3O5/c1-4-6-8-16(5-2)11-21(12-17(19)24)18(25)13-20(14-22)9-7-10-26-15(3)23/h14,16H,4-13H2,1-3H3,(H2,19,24). The minimum atomic E-state index is -0.573. The Morgan fingerprint density at radius 3 is 2.35 bits per heavy atom. The monoisotopic (exact) mass is 371 g/mol. The first-order valence-corrected chi connectivity index (χ1v) is 9.22. The second-order valence-electron chi connectivity index (χ2n) is 6.43. The molecule has 0 spiro atoms. The van der Waals surface area contributed by atoms with Crippen LogP contribution < -0.4 is 5.73 Å². The number of carbonyl (C=O) groups excluding carboxylic acids is 4. The Kier molecular flexibility index (Phi) is 12.9. The fourth-order valence-electron chi connectivity index (χ4n) is 2.60. The number of rotatable bonds is 15. The highest BCUT2D eigenvalue weighted by Gasteiger charge is 2.21. The molecule has 0 radical (unpaired) electrons. The van der Waals surface area contributed by atoms with Gasteiger partial charge in [-0.15, -0.1) is 0 Å². The lowest BCUT2D eigenvalue weighted by Gasteiger charge is -2.28. The summed E-state index contributed by atoms with van der Waals surface area (Å²) in [5.41, 5.74) is 5.27. The maximum atomic E-state index is 12.5. The van der Waals surface area contributed by atoms with Crippen molar-refractivity contribution in [3.63, 3.8) is 0 Å². The van der Waals surface area contributed by atoms with Crippen molar-refractivity contribution < 1.29 is 23.9 Å². The number of nitrogens with zero attached hydrogens (tertiary/aromatic N) is 2. The maximum absolute atomic E-state index is 12.5. The number of esters is 1. The van der Waals surface area contributed by atoms with Gasteiger partial charge in [-0.3, -0.25) is 19.2 Å². The van der Waals surface area contributed by atoms with Crippen molar-refractivity contribution in [1.29, 1.82) is 0 Å². The highest BCUT2D eigenvalue weighted by atomic mass is 16.5. The molecule has 8 heteroatoms. The first-order chi connectivity index (χ1) is 12.3. The fourth-order valence-corrected chi connectivity index (χ4v) is 2.60. The average Bonchev–Trinajstić information content (AvgIpc) is 2.59. The molecule has 150 valence electrons. The van der Waals surface area contributed by atoms with E-state index in [-0.39, 0.29) is 31.6 Å². The van der Waals surface area contributed by atoms with E-state index in [1.165, 1.54) is 16.7 Å². The van der Waals surface area contributed by atoms with Crippen molar-refractivity contribution in [2.24, 2.45) is 11.7 Å². The van der Waals surface area contributed by atoms with Gasteiger partial charge in [-0.1, -0.05) is 33.1 Å². The van der Waals surface area contributed by atoms with Crippen LogP contribution in [0.3, 0.4) is 0 Å². The predicted octanol–water partition coefficient (Wildman–Crippen LogP) is 0.928. The van der Waals surface area contributed by atoms with Crippen LogP contribution in [0.1, 0.15) is 52.9 Å². The van der Waals surface area contributed by atoms with Crippen LogP contribution in [0, 0.1) is 5.92 Å². The van der Waals surface area contributed by atoms with Crippen LogP contribution in [0.15, 0.2) is 0 Å². The lowest BCUT2D eigenvalue weighted by atomic mass is 9.98. The Hall–Kier alpha value is -2.12. The van der Waals surface area contributed by atoms with Gasteiger partial charge in [-0.05, 0) is 18.8 Å². The van der Waals surface area contributed by atoms with Gasteiger partial charge in [-0.2, -0.15) is 0 Å². The number of hydrogen-bond acceptors (Lipinski definition) is 5. The molecule has 0 aliphatic carbocycles. The molecule has 0 rings (SSSR count). The van der Waals surface area contributed by atoms with Crippen LogP contribution in [0.5, 0.6) is 0 Å². The molecule has 0 aromatic heterocycles. The van der Waals surface area contributed by atoms with E-state index in [0.717, 1.165) is 25.7 Å². The summed E-state index contributed by atoms with van der Waals surface area (Å²) in [4.78, 5) is 48.5. The zero-order valence-corrected chi connectivity index (χ0v) is 16.2. The molecule has 0 aromatic carbocycles. The molecule has 0 saturated carbocycles. The number of nitrogens with two attached hydrogens (primary N) is 1. The Balaban J connectivity index is 4.69. The van der Waals surface area contributed by atoms with Crippen LogP contribution in [0.25, 0.3) is 0 Å². The SMILES string of the molecule is CCCCC(CC)CN(CC(N)=O)C(=O)CN(C=O)CCCOC(C)=O. The lowest BCUT2D eigenvalue weighted by Crippen LogP contribution is -2.46. The molecule has 26 heavy (non-hydrogen) atoms. The van der Waals surface area contributed by atoms with E-state index in [0.29, 0.717) is 31.8 Å². The quantitative estimate of drug-likeness (QED) is 0.262. The number of hydrogen-bond donors (Lipinski definition) is 1. The summed E-state index contributed by atoms with van der Waals surface area (Å²) in [5.74, 6) is -0.967. The molecule has 3 amide bonds. The predicted molar refractivity (Wildman–Crippen MR) is 98.0 cm³/mol. The third-order valence-electron chi connectivity index (χ3n) is 4.10. The second-order valence-corrected chi connectivity index (χ2v) is 6.43. The van der Waals surface area contributed by atoms with Crippen molar-refractivity contribution in [3.8, 4) is 0 Å². The summed E-state index contributed by atoms with van der Waals surface area (Å²) < 4.78 is 4.81. The molecule has 2 N–H and O–H groups in total. The molecule has 1 unspecified atom stereocenters. The minimum Gasteiger partial charge on any atom is -0.466 e. The van der Waals surface area contributed by atoms with E-state index >= 15 is 0 Å². The first-order valence-electron chi connectivity index (χ1n) is 9.22. The molecule has 8 nitrogen and oxygen atoms in total.